The standard InChI is InChI=1S/C23H27BrN2O4/c1-15(2)14-30-21-10-9-16(12-19(21)24)22(27)26-20-8-4-3-7-18(20)23(28)25-13-17-6-5-11-29-17/h3-4,7-10,12,15,17H,5-6,11,13-14H2,1-2H3,(H,25,28)(H,26,27). The molecule has 3 rings (SSSR count). The van der Waals surface area contributed by atoms with Gasteiger partial charge in [0.15, 0.2) is 0 Å². The molecule has 2 amide bonds. The molecular formula is C23H27BrN2O4. The normalized spacial score (nSPS) is 15.8. The number of benzene rings is 2. The first-order valence-corrected chi connectivity index (χ1v) is 11.0. The van der Waals surface area contributed by atoms with E-state index in [0.29, 0.717) is 46.1 Å². The van der Waals surface area contributed by atoms with Crippen LogP contribution in [0, 0.1) is 5.92 Å². The van der Waals surface area contributed by atoms with Crippen LogP contribution in [0.4, 0.5) is 5.69 Å². The van der Waals surface area contributed by atoms with Crippen LogP contribution in [0.5, 0.6) is 5.75 Å². The van der Waals surface area contributed by atoms with Gasteiger partial charge in [-0.05, 0) is 65.0 Å². The first kappa shape index (κ1) is 22.3. The number of ether oxygens (including phenoxy) is 2. The summed E-state index contributed by atoms with van der Waals surface area (Å²) in [6.45, 7) is 5.95. The quantitative estimate of drug-likeness (QED) is 0.583. The molecular weight excluding hydrogens is 448 g/mol. The molecule has 1 heterocycles. The van der Waals surface area contributed by atoms with Crippen molar-refractivity contribution in [1.29, 1.82) is 0 Å². The highest BCUT2D eigenvalue weighted by Gasteiger charge is 2.19. The van der Waals surface area contributed by atoms with Crippen LogP contribution < -0.4 is 15.4 Å². The molecule has 1 aliphatic rings. The number of hydrogen-bond donors (Lipinski definition) is 2. The van der Waals surface area contributed by atoms with Gasteiger partial charge in [-0.1, -0.05) is 26.0 Å². The Hall–Kier alpha value is -2.38. The summed E-state index contributed by atoms with van der Waals surface area (Å²) in [6, 6.07) is 12.1. The van der Waals surface area contributed by atoms with Crippen molar-refractivity contribution < 1.29 is 19.1 Å². The highest BCUT2D eigenvalue weighted by Crippen LogP contribution is 2.27. The summed E-state index contributed by atoms with van der Waals surface area (Å²) in [4.78, 5) is 25.4. The Balaban J connectivity index is 1.66. The van der Waals surface area contributed by atoms with Crippen LogP contribution in [-0.2, 0) is 4.74 Å². The van der Waals surface area contributed by atoms with Crippen LogP contribution in [-0.4, -0.2) is 37.7 Å². The van der Waals surface area contributed by atoms with Gasteiger partial charge < -0.3 is 20.1 Å². The van der Waals surface area contributed by atoms with E-state index in [0.717, 1.165) is 19.4 Å². The van der Waals surface area contributed by atoms with Crippen molar-refractivity contribution >= 4 is 33.4 Å². The molecule has 1 fully saturated rings. The molecule has 30 heavy (non-hydrogen) atoms. The minimum atomic E-state index is -0.300. The smallest absolute Gasteiger partial charge is 0.255 e. The number of anilines is 1. The molecule has 0 aromatic heterocycles. The summed E-state index contributed by atoms with van der Waals surface area (Å²) < 4.78 is 12.0. The van der Waals surface area contributed by atoms with Crippen molar-refractivity contribution in [3.05, 3.63) is 58.1 Å². The van der Waals surface area contributed by atoms with Crippen LogP contribution >= 0.6 is 15.9 Å². The fraction of sp³-hybridized carbons (Fsp3) is 0.391. The second-order valence-electron chi connectivity index (χ2n) is 7.69. The highest BCUT2D eigenvalue weighted by atomic mass is 79.9. The van der Waals surface area contributed by atoms with Gasteiger partial charge in [0.2, 0.25) is 0 Å². The Kier molecular flexibility index (Phi) is 7.87. The van der Waals surface area contributed by atoms with E-state index in [-0.39, 0.29) is 17.9 Å². The van der Waals surface area contributed by atoms with Gasteiger partial charge in [-0.25, -0.2) is 0 Å². The first-order valence-electron chi connectivity index (χ1n) is 10.2. The summed E-state index contributed by atoms with van der Waals surface area (Å²) in [5, 5.41) is 5.73. The number of hydrogen-bond acceptors (Lipinski definition) is 4. The van der Waals surface area contributed by atoms with Crippen LogP contribution in [0.25, 0.3) is 0 Å². The third-order valence-electron chi connectivity index (χ3n) is 4.70. The van der Waals surface area contributed by atoms with Crippen LogP contribution in [0.1, 0.15) is 47.4 Å². The molecule has 2 N–H and O–H groups in total. The minimum absolute atomic E-state index is 0.0597. The zero-order valence-electron chi connectivity index (χ0n) is 17.2. The average Bonchev–Trinajstić information content (AvgIpc) is 3.25. The number of para-hydroxylation sites is 1. The monoisotopic (exact) mass is 474 g/mol. The maximum absolute atomic E-state index is 12.8. The summed E-state index contributed by atoms with van der Waals surface area (Å²) in [7, 11) is 0. The molecule has 2 aromatic carbocycles. The SMILES string of the molecule is CC(C)COc1ccc(C(=O)Nc2ccccc2C(=O)NCC2CCCO2)cc1Br. The van der Waals surface area contributed by atoms with E-state index < -0.39 is 0 Å². The van der Waals surface area contributed by atoms with Crippen molar-refractivity contribution in [1.82, 2.24) is 5.32 Å². The van der Waals surface area contributed by atoms with E-state index in [1.54, 1.807) is 42.5 Å². The van der Waals surface area contributed by atoms with E-state index in [1.807, 2.05) is 0 Å². The average molecular weight is 475 g/mol. The van der Waals surface area contributed by atoms with E-state index in [2.05, 4.69) is 40.4 Å². The van der Waals surface area contributed by atoms with Gasteiger partial charge in [0.05, 0.1) is 28.4 Å². The van der Waals surface area contributed by atoms with E-state index in [9.17, 15) is 9.59 Å². The first-order chi connectivity index (χ1) is 14.4. The zero-order valence-corrected chi connectivity index (χ0v) is 18.8. The molecule has 7 heteroatoms. The number of carbonyl (C=O) groups is 2. The Morgan fingerprint density at radius 1 is 1.20 bits per heavy atom. The van der Waals surface area contributed by atoms with Crippen LogP contribution in [0.2, 0.25) is 0 Å². The van der Waals surface area contributed by atoms with Gasteiger partial charge in [-0.2, -0.15) is 0 Å². The molecule has 1 unspecified atom stereocenters. The van der Waals surface area contributed by atoms with Crippen LogP contribution in [0.3, 0.4) is 0 Å². The molecule has 0 spiro atoms. The lowest BCUT2D eigenvalue weighted by Gasteiger charge is -2.14. The van der Waals surface area contributed by atoms with E-state index in [1.165, 1.54) is 0 Å². The molecule has 0 saturated carbocycles. The Morgan fingerprint density at radius 3 is 2.70 bits per heavy atom. The number of carbonyl (C=O) groups excluding carboxylic acids is 2. The lowest BCUT2D eigenvalue weighted by atomic mass is 10.1. The molecule has 0 aliphatic carbocycles. The molecule has 2 aromatic rings. The second-order valence-corrected chi connectivity index (χ2v) is 8.55. The molecule has 0 bridgehead atoms. The highest BCUT2D eigenvalue weighted by molar-refractivity contribution is 9.10. The lowest BCUT2D eigenvalue weighted by molar-refractivity contribution is 0.0858. The molecule has 1 aliphatic heterocycles. The van der Waals surface area contributed by atoms with Gasteiger partial charge in [0, 0.05) is 18.7 Å². The minimum Gasteiger partial charge on any atom is -0.492 e. The predicted octanol–water partition coefficient (Wildman–Crippen LogP) is 4.65. The topological polar surface area (TPSA) is 76.7 Å². The predicted molar refractivity (Wildman–Crippen MR) is 120 cm³/mol. The summed E-state index contributed by atoms with van der Waals surface area (Å²) in [6.07, 6.45) is 2.03. The Labute approximate surface area is 185 Å². The fourth-order valence-corrected chi connectivity index (χ4v) is 3.60. The van der Waals surface area contributed by atoms with Crippen molar-refractivity contribution in [3.63, 3.8) is 0 Å². The summed E-state index contributed by atoms with van der Waals surface area (Å²) in [5.41, 5.74) is 1.34. The maximum Gasteiger partial charge on any atom is 0.255 e. The fourth-order valence-electron chi connectivity index (χ4n) is 3.11. The lowest BCUT2D eigenvalue weighted by Crippen LogP contribution is -2.32. The maximum atomic E-state index is 12.8. The van der Waals surface area contributed by atoms with Gasteiger partial charge in [-0.3, -0.25) is 9.59 Å². The molecule has 1 saturated heterocycles. The number of rotatable bonds is 8. The molecule has 6 nitrogen and oxygen atoms in total. The van der Waals surface area contributed by atoms with E-state index >= 15 is 0 Å². The number of amides is 2. The van der Waals surface area contributed by atoms with Gasteiger partial charge in [-0.15, -0.1) is 0 Å². The van der Waals surface area contributed by atoms with Gasteiger partial charge in [0.25, 0.3) is 11.8 Å². The Morgan fingerprint density at radius 2 is 2.00 bits per heavy atom. The summed E-state index contributed by atoms with van der Waals surface area (Å²) >= 11 is 3.46. The van der Waals surface area contributed by atoms with Gasteiger partial charge in [0.1, 0.15) is 5.75 Å². The second kappa shape index (κ2) is 10.6. The van der Waals surface area contributed by atoms with Crippen molar-refractivity contribution in [2.75, 3.05) is 25.1 Å². The zero-order chi connectivity index (χ0) is 21.5. The Bertz CT molecular complexity index is 895. The van der Waals surface area contributed by atoms with Gasteiger partial charge >= 0.3 is 0 Å². The van der Waals surface area contributed by atoms with Crippen LogP contribution in [0.15, 0.2) is 46.9 Å². The molecule has 1 atom stereocenters. The molecule has 0 radical (unpaired) electrons. The number of halogens is 1. The van der Waals surface area contributed by atoms with Crippen molar-refractivity contribution in [3.8, 4) is 5.75 Å². The summed E-state index contributed by atoms with van der Waals surface area (Å²) in [5.74, 6) is 0.558. The third kappa shape index (κ3) is 6.06. The third-order valence-corrected chi connectivity index (χ3v) is 5.32. The number of nitrogens with one attached hydrogen (secondary N) is 2. The van der Waals surface area contributed by atoms with Crippen molar-refractivity contribution in [2.24, 2.45) is 5.92 Å². The van der Waals surface area contributed by atoms with Crippen molar-refractivity contribution in [2.45, 2.75) is 32.8 Å². The largest absolute Gasteiger partial charge is 0.492 e. The van der Waals surface area contributed by atoms with E-state index in [4.69, 9.17) is 9.47 Å². The molecule has 160 valence electrons.